The molecule has 2 rings (SSSR count). The summed E-state index contributed by atoms with van der Waals surface area (Å²) in [5.74, 6) is -6.50. The average Bonchev–Trinajstić information content (AvgIpc) is 2.83. The summed E-state index contributed by atoms with van der Waals surface area (Å²) in [6.07, 6.45) is 0.909. The van der Waals surface area contributed by atoms with E-state index in [0.717, 1.165) is 18.3 Å². The second-order valence-corrected chi connectivity index (χ2v) is 8.80. The van der Waals surface area contributed by atoms with Crippen molar-refractivity contribution >= 4 is 34.0 Å². The molecule has 0 aromatic heterocycles. The van der Waals surface area contributed by atoms with Crippen LogP contribution in [0.3, 0.4) is 0 Å². The Morgan fingerprint density at radius 2 is 1.64 bits per heavy atom. The molecular weight excluding hydrogens is 500 g/mol. The highest BCUT2D eigenvalue weighted by Crippen LogP contribution is 2.32. The molecule has 0 unspecified atom stereocenters. The molecule has 0 fully saturated rings. The van der Waals surface area contributed by atoms with Gasteiger partial charge in [-0.2, -0.15) is 12.8 Å². The second-order valence-electron chi connectivity index (χ2n) is 7.21. The molecule has 2 aromatic rings. The van der Waals surface area contributed by atoms with Crippen LogP contribution in [0.5, 0.6) is 5.75 Å². The minimum atomic E-state index is -4.00. The van der Waals surface area contributed by atoms with Gasteiger partial charge in [0, 0.05) is 12.6 Å². The largest absolute Gasteiger partial charge is 0.488 e. The molecule has 2 aromatic carbocycles. The van der Waals surface area contributed by atoms with Crippen molar-refractivity contribution < 1.29 is 45.2 Å². The Morgan fingerprint density at radius 3 is 2.25 bits per heavy atom. The third kappa shape index (κ3) is 7.82. The number of aryl methyl sites for hydroxylation is 1. The molecule has 0 saturated carbocycles. The molecule has 12 heteroatoms. The van der Waals surface area contributed by atoms with Crippen molar-refractivity contribution in [3.63, 3.8) is 0 Å². The van der Waals surface area contributed by atoms with E-state index in [1.807, 2.05) is 0 Å². The van der Waals surface area contributed by atoms with Crippen LogP contribution in [0.15, 0.2) is 46.3 Å². The lowest BCUT2D eigenvalue weighted by atomic mass is 10.1. The normalized spacial score (nSPS) is 11.6. The summed E-state index contributed by atoms with van der Waals surface area (Å²) in [5, 5.41) is 0. The number of aliphatic imine (C=N–C) groups is 1. The van der Waals surface area contributed by atoms with Crippen molar-refractivity contribution in [1.29, 1.82) is 0 Å². The van der Waals surface area contributed by atoms with Crippen LogP contribution < -0.4 is 4.74 Å². The lowest BCUT2D eigenvalue weighted by Crippen LogP contribution is -2.29. The standard InChI is InChI=1S/C24H27F2NO8S/c1-4-32-23(28)17(24(29)33-5-2)15-27-19-12-11-18(25)21(26)22(19)34-13-8-14-35-36(30,31)20-10-7-6-9-16(20)3/h6-7,9-12,15,17H,4-5,8,13-14H2,1-3H3. The van der Waals surface area contributed by atoms with Crippen molar-refractivity contribution in [2.75, 3.05) is 26.4 Å². The third-order valence-electron chi connectivity index (χ3n) is 4.61. The predicted octanol–water partition coefficient (Wildman–Crippen LogP) is 3.89. The highest BCUT2D eigenvalue weighted by atomic mass is 32.2. The molecule has 0 saturated heterocycles. The van der Waals surface area contributed by atoms with Crippen molar-refractivity contribution in [2.24, 2.45) is 10.9 Å². The molecule has 0 aliphatic rings. The van der Waals surface area contributed by atoms with E-state index >= 15 is 0 Å². The van der Waals surface area contributed by atoms with Gasteiger partial charge in [0.15, 0.2) is 17.5 Å². The number of rotatable bonds is 13. The highest BCUT2D eigenvalue weighted by Gasteiger charge is 2.28. The smallest absolute Gasteiger partial charge is 0.325 e. The average molecular weight is 528 g/mol. The zero-order valence-corrected chi connectivity index (χ0v) is 20.8. The molecule has 0 bridgehead atoms. The zero-order valence-electron chi connectivity index (χ0n) is 20.0. The summed E-state index contributed by atoms with van der Waals surface area (Å²) >= 11 is 0. The minimum absolute atomic E-state index is 0.00372. The predicted molar refractivity (Wildman–Crippen MR) is 126 cm³/mol. The maximum Gasteiger partial charge on any atom is 0.325 e. The van der Waals surface area contributed by atoms with Gasteiger partial charge in [-0.15, -0.1) is 0 Å². The fourth-order valence-corrected chi connectivity index (χ4v) is 4.07. The van der Waals surface area contributed by atoms with Crippen LogP contribution in [0, 0.1) is 24.5 Å². The van der Waals surface area contributed by atoms with Crippen molar-refractivity contribution in [3.05, 3.63) is 53.6 Å². The Kier molecular flexibility index (Phi) is 10.9. The van der Waals surface area contributed by atoms with E-state index in [9.17, 15) is 26.8 Å². The van der Waals surface area contributed by atoms with Gasteiger partial charge in [0.25, 0.3) is 10.1 Å². The van der Waals surface area contributed by atoms with E-state index in [0.29, 0.717) is 5.56 Å². The maximum absolute atomic E-state index is 14.4. The topological polar surface area (TPSA) is 118 Å². The first-order valence-electron chi connectivity index (χ1n) is 11.1. The van der Waals surface area contributed by atoms with Crippen molar-refractivity contribution in [2.45, 2.75) is 32.1 Å². The lowest BCUT2D eigenvalue weighted by Gasteiger charge is -2.12. The summed E-state index contributed by atoms with van der Waals surface area (Å²) in [6, 6.07) is 8.19. The number of benzene rings is 2. The molecule has 0 radical (unpaired) electrons. The van der Waals surface area contributed by atoms with E-state index < -0.39 is 45.4 Å². The Labute approximate surface area is 208 Å². The van der Waals surface area contributed by atoms with Gasteiger partial charge in [0.1, 0.15) is 5.69 Å². The zero-order chi connectivity index (χ0) is 26.7. The maximum atomic E-state index is 14.4. The molecule has 0 N–H and O–H groups in total. The van der Waals surface area contributed by atoms with Crippen LogP contribution in [-0.2, 0) is 33.4 Å². The first kappa shape index (κ1) is 28.9. The fourth-order valence-electron chi connectivity index (χ4n) is 2.90. The van der Waals surface area contributed by atoms with Gasteiger partial charge in [-0.25, -0.2) is 4.39 Å². The van der Waals surface area contributed by atoms with Crippen molar-refractivity contribution in [3.8, 4) is 5.75 Å². The van der Waals surface area contributed by atoms with Gasteiger partial charge in [0.05, 0.1) is 31.3 Å². The van der Waals surface area contributed by atoms with Gasteiger partial charge in [-0.05, 0) is 44.5 Å². The van der Waals surface area contributed by atoms with Gasteiger partial charge >= 0.3 is 11.9 Å². The summed E-state index contributed by atoms with van der Waals surface area (Å²) in [5.41, 5.74) is 0.308. The highest BCUT2D eigenvalue weighted by molar-refractivity contribution is 7.86. The molecule has 0 amide bonds. The second kappa shape index (κ2) is 13.6. The van der Waals surface area contributed by atoms with Crippen LogP contribution in [0.4, 0.5) is 14.5 Å². The van der Waals surface area contributed by atoms with Crippen LogP contribution in [0.1, 0.15) is 25.8 Å². The van der Waals surface area contributed by atoms with E-state index in [1.165, 1.54) is 6.07 Å². The number of carbonyl (C=O) groups excluding carboxylic acids is 2. The summed E-state index contributed by atoms with van der Waals surface area (Å²) in [7, 11) is -4.00. The van der Waals surface area contributed by atoms with Crippen LogP contribution >= 0.6 is 0 Å². The Balaban J connectivity index is 2.10. The van der Waals surface area contributed by atoms with Gasteiger partial charge in [-0.1, -0.05) is 18.2 Å². The molecule has 9 nitrogen and oxygen atoms in total. The number of carbonyl (C=O) groups is 2. The van der Waals surface area contributed by atoms with E-state index in [-0.39, 0.29) is 43.4 Å². The molecule has 0 heterocycles. The number of hydrogen-bond donors (Lipinski definition) is 0. The SMILES string of the molecule is CCOC(=O)C(C=Nc1ccc(F)c(F)c1OCCCOS(=O)(=O)c1ccccc1C)C(=O)OCC. The molecule has 36 heavy (non-hydrogen) atoms. The molecule has 0 spiro atoms. The number of halogens is 2. The van der Waals surface area contributed by atoms with Crippen LogP contribution in [0.2, 0.25) is 0 Å². The quantitative estimate of drug-likeness (QED) is 0.127. The molecule has 0 atom stereocenters. The number of esters is 2. The third-order valence-corrected chi connectivity index (χ3v) is 6.08. The first-order valence-corrected chi connectivity index (χ1v) is 12.5. The van der Waals surface area contributed by atoms with E-state index in [2.05, 4.69) is 4.99 Å². The van der Waals surface area contributed by atoms with Crippen molar-refractivity contribution in [1.82, 2.24) is 0 Å². The van der Waals surface area contributed by atoms with Gasteiger partial charge < -0.3 is 14.2 Å². The number of nitrogens with zero attached hydrogens (tertiary/aromatic N) is 1. The molecule has 0 aliphatic heterocycles. The van der Waals surface area contributed by atoms with Crippen LogP contribution in [0.25, 0.3) is 0 Å². The minimum Gasteiger partial charge on any atom is -0.488 e. The van der Waals surface area contributed by atoms with Gasteiger partial charge in [-0.3, -0.25) is 18.8 Å². The van der Waals surface area contributed by atoms with Crippen LogP contribution in [-0.4, -0.2) is 53.0 Å². The van der Waals surface area contributed by atoms with E-state index in [1.54, 1.807) is 39.0 Å². The Morgan fingerprint density at radius 1 is 1.00 bits per heavy atom. The first-order chi connectivity index (χ1) is 17.1. The number of hydrogen-bond acceptors (Lipinski definition) is 9. The summed E-state index contributed by atoms with van der Waals surface area (Å²) in [6.45, 7) is 4.21. The Bertz CT molecular complexity index is 1180. The Hall–Kier alpha value is -3.38. The number of ether oxygens (including phenoxy) is 3. The van der Waals surface area contributed by atoms with Gasteiger partial charge in [0.2, 0.25) is 5.82 Å². The summed E-state index contributed by atoms with van der Waals surface area (Å²) in [4.78, 5) is 28.1. The lowest BCUT2D eigenvalue weighted by molar-refractivity contribution is -0.157. The molecule has 0 aliphatic carbocycles. The molecular formula is C24H27F2NO8S. The molecule has 196 valence electrons. The monoisotopic (exact) mass is 527 g/mol. The fraction of sp³-hybridized carbons (Fsp3) is 0.375. The summed E-state index contributed by atoms with van der Waals surface area (Å²) < 4.78 is 72.8. The van der Waals surface area contributed by atoms with E-state index in [4.69, 9.17) is 18.4 Å².